The van der Waals surface area contributed by atoms with Gasteiger partial charge in [-0.25, -0.2) is 4.79 Å². The molecule has 0 aliphatic carbocycles. The second-order valence-electron chi connectivity index (χ2n) is 6.03. The number of aromatic nitrogens is 2. The molecule has 2 rings (SSSR count). The number of hydrogen-bond donors (Lipinski definition) is 2. The van der Waals surface area contributed by atoms with Gasteiger partial charge in [-0.05, 0) is 23.6 Å². The van der Waals surface area contributed by atoms with Crippen LogP contribution in [-0.4, -0.2) is 47.2 Å². The maximum absolute atomic E-state index is 12.0. The molecular formula is C17H23N5O4. The number of primary amides is 1. The molecule has 0 aliphatic rings. The Bertz CT molecular complexity index is 742. The summed E-state index contributed by atoms with van der Waals surface area (Å²) in [7, 11) is 1.64. The van der Waals surface area contributed by atoms with Crippen LogP contribution < -0.4 is 15.8 Å². The number of amides is 3. The Labute approximate surface area is 151 Å². The molecule has 0 saturated heterocycles. The van der Waals surface area contributed by atoms with Crippen LogP contribution in [0.5, 0.6) is 5.75 Å². The number of benzene rings is 1. The third-order valence-corrected chi connectivity index (χ3v) is 3.67. The van der Waals surface area contributed by atoms with Gasteiger partial charge < -0.3 is 25.2 Å². The van der Waals surface area contributed by atoms with Crippen molar-refractivity contribution in [2.45, 2.75) is 26.3 Å². The normalized spacial score (nSPS) is 10.6. The van der Waals surface area contributed by atoms with Crippen molar-refractivity contribution in [2.75, 3.05) is 20.2 Å². The van der Waals surface area contributed by atoms with E-state index in [2.05, 4.69) is 29.3 Å². The molecule has 140 valence electrons. The summed E-state index contributed by atoms with van der Waals surface area (Å²) in [6.07, 6.45) is 0. The highest BCUT2D eigenvalue weighted by atomic mass is 16.5. The predicted octanol–water partition coefficient (Wildman–Crippen LogP) is 1.51. The lowest BCUT2D eigenvalue weighted by atomic mass is 10.0. The highest BCUT2D eigenvalue weighted by Crippen LogP contribution is 2.18. The first-order chi connectivity index (χ1) is 12.4. The van der Waals surface area contributed by atoms with Crippen molar-refractivity contribution >= 4 is 11.9 Å². The monoisotopic (exact) mass is 361 g/mol. The van der Waals surface area contributed by atoms with Crippen LogP contribution in [0.2, 0.25) is 0 Å². The van der Waals surface area contributed by atoms with Gasteiger partial charge in [0, 0.05) is 7.05 Å². The maximum atomic E-state index is 12.0. The molecule has 0 atom stereocenters. The summed E-state index contributed by atoms with van der Waals surface area (Å²) in [5.74, 6) is 0.313. The maximum Gasteiger partial charge on any atom is 0.317 e. The summed E-state index contributed by atoms with van der Waals surface area (Å²) in [6.45, 7) is 5.02. The molecule has 0 bridgehead atoms. The molecule has 9 heteroatoms. The Morgan fingerprint density at radius 1 is 1.31 bits per heavy atom. The van der Waals surface area contributed by atoms with Crippen molar-refractivity contribution in [3.05, 3.63) is 41.5 Å². The Kier molecular flexibility index (Phi) is 6.54. The molecule has 1 aromatic heterocycles. The molecule has 0 fully saturated rings. The van der Waals surface area contributed by atoms with E-state index in [1.165, 1.54) is 10.5 Å². The predicted molar refractivity (Wildman–Crippen MR) is 93.7 cm³/mol. The number of carbonyl (C=O) groups excluding carboxylic acids is 2. The van der Waals surface area contributed by atoms with E-state index in [0.717, 1.165) is 5.75 Å². The molecule has 26 heavy (non-hydrogen) atoms. The Hall–Kier alpha value is -3.10. The number of nitrogens with one attached hydrogen (secondary N) is 1. The van der Waals surface area contributed by atoms with E-state index in [9.17, 15) is 9.59 Å². The molecule has 9 nitrogen and oxygen atoms in total. The summed E-state index contributed by atoms with van der Waals surface area (Å²) >= 11 is 0. The zero-order valence-corrected chi connectivity index (χ0v) is 15.1. The van der Waals surface area contributed by atoms with Gasteiger partial charge in [-0.3, -0.25) is 4.79 Å². The summed E-state index contributed by atoms with van der Waals surface area (Å²) in [6, 6.07) is 7.56. The zero-order valence-electron chi connectivity index (χ0n) is 15.1. The molecule has 0 unspecified atom stereocenters. The van der Waals surface area contributed by atoms with E-state index in [4.69, 9.17) is 15.0 Å². The van der Waals surface area contributed by atoms with E-state index in [0.29, 0.717) is 19.1 Å². The van der Waals surface area contributed by atoms with E-state index in [1.807, 2.05) is 24.3 Å². The van der Waals surface area contributed by atoms with Gasteiger partial charge in [-0.2, -0.15) is 4.98 Å². The minimum absolute atomic E-state index is 0.000967. The summed E-state index contributed by atoms with van der Waals surface area (Å²) in [5.41, 5.74) is 6.27. The van der Waals surface area contributed by atoms with Gasteiger partial charge in [0.1, 0.15) is 12.4 Å². The number of urea groups is 1. The average molecular weight is 361 g/mol. The van der Waals surface area contributed by atoms with Crippen LogP contribution in [0.4, 0.5) is 4.79 Å². The fourth-order valence-corrected chi connectivity index (χ4v) is 2.06. The minimum atomic E-state index is -0.790. The molecule has 0 saturated carbocycles. The van der Waals surface area contributed by atoms with E-state index < -0.39 is 5.91 Å². The Morgan fingerprint density at radius 3 is 2.58 bits per heavy atom. The molecular weight excluding hydrogens is 338 g/mol. The van der Waals surface area contributed by atoms with Crippen LogP contribution in [0.15, 0.2) is 28.8 Å². The number of nitrogens with two attached hydrogens (primary N) is 1. The van der Waals surface area contributed by atoms with E-state index in [-0.39, 0.29) is 24.3 Å². The standard InChI is InChI=1S/C17H23N5O4/c1-11(2)12-4-6-13(7-5-12)25-9-8-22(3)17(24)19-10-14-20-16(15(18)23)21-26-14/h4-7,11H,8-10H2,1-3H3,(H2,18,23)(H,19,24). The smallest absolute Gasteiger partial charge is 0.317 e. The van der Waals surface area contributed by atoms with Crippen LogP contribution in [0.3, 0.4) is 0 Å². The fourth-order valence-electron chi connectivity index (χ4n) is 2.06. The van der Waals surface area contributed by atoms with Crippen LogP contribution in [0.1, 0.15) is 41.8 Å². The van der Waals surface area contributed by atoms with Crippen LogP contribution in [0, 0.1) is 0 Å². The molecule has 0 aliphatic heterocycles. The van der Waals surface area contributed by atoms with E-state index in [1.54, 1.807) is 7.05 Å². The largest absolute Gasteiger partial charge is 0.492 e. The SMILES string of the molecule is CC(C)c1ccc(OCCN(C)C(=O)NCc2nc(C(N)=O)no2)cc1. The highest BCUT2D eigenvalue weighted by Gasteiger charge is 2.13. The van der Waals surface area contributed by atoms with E-state index >= 15 is 0 Å². The molecule has 0 spiro atoms. The van der Waals surface area contributed by atoms with Crippen LogP contribution in [0.25, 0.3) is 0 Å². The van der Waals surface area contributed by atoms with Gasteiger partial charge in [-0.15, -0.1) is 0 Å². The lowest BCUT2D eigenvalue weighted by molar-refractivity contribution is 0.0987. The number of ether oxygens (including phenoxy) is 1. The number of hydrogen-bond acceptors (Lipinski definition) is 6. The average Bonchev–Trinajstić information content (AvgIpc) is 3.09. The fraction of sp³-hybridized carbons (Fsp3) is 0.412. The first kappa shape index (κ1) is 19.2. The van der Waals surface area contributed by atoms with Gasteiger partial charge in [0.25, 0.3) is 11.7 Å². The third kappa shape index (κ3) is 5.47. The van der Waals surface area contributed by atoms with Gasteiger partial charge in [0.2, 0.25) is 5.89 Å². The van der Waals surface area contributed by atoms with Gasteiger partial charge in [-0.1, -0.05) is 31.1 Å². The topological polar surface area (TPSA) is 124 Å². The molecule has 3 amide bonds. The van der Waals surface area contributed by atoms with Crippen molar-refractivity contribution in [3.8, 4) is 5.75 Å². The summed E-state index contributed by atoms with van der Waals surface area (Å²) < 4.78 is 10.4. The number of carbonyl (C=O) groups is 2. The number of rotatable bonds is 8. The van der Waals surface area contributed by atoms with Crippen LogP contribution in [-0.2, 0) is 6.54 Å². The Balaban J connectivity index is 1.71. The lowest BCUT2D eigenvalue weighted by Gasteiger charge is -2.17. The lowest BCUT2D eigenvalue weighted by Crippen LogP contribution is -2.39. The van der Waals surface area contributed by atoms with Crippen molar-refractivity contribution in [1.29, 1.82) is 0 Å². The first-order valence-electron chi connectivity index (χ1n) is 8.21. The van der Waals surface area contributed by atoms with Crippen LogP contribution >= 0.6 is 0 Å². The van der Waals surface area contributed by atoms with Crippen molar-refractivity contribution in [2.24, 2.45) is 5.73 Å². The third-order valence-electron chi connectivity index (χ3n) is 3.67. The van der Waals surface area contributed by atoms with Gasteiger partial charge in [0.05, 0.1) is 13.1 Å². The zero-order chi connectivity index (χ0) is 19.1. The first-order valence-corrected chi connectivity index (χ1v) is 8.21. The molecule has 1 aromatic carbocycles. The van der Waals surface area contributed by atoms with Gasteiger partial charge in [0.15, 0.2) is 0 Å². The molecule has 3 N–H and O–H groups in total. The Morgan fingerprint density at radius 2 is 2.00 bits per heavy atom. The molecule has 0 radical (unpaired) electrons. The second-order valence-corrected chi connectivity index (χ2v) is 6.03. The van der Waals surface area contributed by atoms with Crippen molar-refractivity contribution in [3.63, 3.8) is 0 Å². The quantitative estimate of drug-likeness (QED) is 0.734. The van der Waals surface area contributed by atoms with Crippen molar-refractivity contribution in [1.82, 2.24) is 20.4 Å². The highest BCUT2D eigenvalue weighted by molar-refractivity contribution is 5.88. The second kappa shape index (κ2) is 8.84. The number of nitrogens with zero attached hydrogens (tertiary/aromatic N) is 3. The van der Waals surface area contributed by atoms with Gasteiger partial charge >= 0.3 is 6.03 Å². The minimum Gasteiger partial charge on any atom is -0.492 e. The number of likely N-dealkylation sites (N-methyl/N-ethyl adjacent to an activating group) is 1. The summed E-state index contributed by atoms with van der Waals surface area (Å²) in [5, 5.41) is 6.00. The van der Waals surface area contributed by atoms with Crippen molar-refractivity contribution < 1.29 is 18.8 Å². The molecule has 1 heterocycles. The summed E-state index contributed by atoms with van der Waals surface area (Å²) in [4.78, 5) is 28.1. The molecule has 2 aromatic rings.